The van der Waals surface area contributed by atoms with Crippen LogP contribution in [0.1, 0.15) is 32.8 Å². The lowest BCUT2D eigenvalue weighted by molar-refractivity contribution is 0.0270. The number of aromatic nitrogens is 1. The maximum Gasteiger partial charge on any atom is 0.410 e. The first-order valence-electron chi connectivity index (χ1n) is 10.3. The van der Waals surface area contributed by atoms with E-state index in [-0.39, 0.29) is 11.9 Å². The smallest absolute Gasteiger partial charge is 0.410 e. The molecule has 0 N–H and O–H groups in total. The van der Waals surface area contributed by atoms with Crippen LogP contribution in [0.3, 0.4) is 0 Å². The number of halogens is 1. The minimum Gasteiger partial charge on any atom is -0.444 e. The number of benzene rings is 2. The third-order valence-electron chi connectivity index (χ3n) is 5.39. The molecule has 0 fully saturated rings. The average Bonchev–Trinajstić information content (AvgIpc) is 3.00. The molecule has 2 heterocycles. The maximum absolute atomic E-state index is 14.0. The van der Waals surface area contributed by atoms with Crippen molar-refractivity contribution < 1.29 is 13.9 Å². The van der Waals surface area contributed by atoms with Crippen molar-refractivity contribution in [2.24, 2.45) is 7.05 Å². The number of hydrogen-bond acceptors (Lipinski definition) is 2. The first-order valence-corrected chi connectivity index (χ1v) is 10.3. The Morgan fingerprint density at radius 3 is 2.53 bits per heavy atom. The number of fused-ring (bicyclic) bond motifs is 1. The molecule has 0 radical (unpaired) electrons. The summed E-state index contributed by atoms with van der Waals surface area (Å²) in [5.74, 6) is -0.252. The number of para-hydroxylation sites is 1. The minimum atomic E-state index is -0.513. The quantitative estimate of drug-likeness (QED) is 0.522. The molecule has 1 aromatic heterocycles. The zero-order valence-electron chi connectivity index (χ0n) is 17.9. The molecule has 0 saturated heterocycles. The fourth-order valence-corrected chi connectivity index (χ4v) is 4.08. The van der Waals surface area contributed by atoms with E-state index in [4.69, 9.17) is 4.74 Å². The van der Waals surface area contributed by atoms with Crippen LogP contribution < -0.4 is 0 Å². The van der Waals surface area contributed by atoms with Crippen molar-refractivity contribution in [1.82, 2.24) is 9.47 Å². The number of aryl methyl sites for hydroxylation is 1. The van der Waals surface area contributed by atoms with Gasteiger partial charge in [-0.15, -0.1) is 0 Å². The van der Waals surface area contributed by atoms with Gasteiger partial charge in [-0.3, -0.25) is 0 Å². The van der Waals surface area contributed by atoms with Gasteiger partial charge >= 0.3 is 6.09 Å². The van der Waals surface area contributed by atoms with Gasteiger partial charge in [-0.2, -0.15) is 0 Å². The van der Waals surface area contributed by atoms with E-state index in [0.717, 1.165) is 34.1 Å². The molecule has 4 rings (SSSR count). The van der Waals surface area contributed by atoms with Gasteiger partial charge in [0.2, 0.25) is 0 Å². The van der Waals surface area contributed by atoms with Crippen LogP contribution in [0.5, 0.6) is 0 Å². The number of carbonyl (C=O) groups excluding carboxylic acids is 1. The first kappa shape index (κ1) is 20.2. The highest BCUT2D eigenvalue weighted by Gasteiger charge is 2.26. The minimum absolute atomic E-state index is 0.252. The Morgan fingerprint density at radius 2 is 1.87 bits per heavy atom. The highest BCUT2D eigenvalue weighted by atomic mass is 19.1. The van der Waals surface area contributed by atoms with E-state index in [2.05, 4.69) is 22.8 Å². The van der Waals surface area contributed by atoms with Crippen LogP contribution in [0.4, 0.5) is 9.18 Å². The largest absolute Gasteiger partial charge is 0.444 e. The molecule has 1 aliphatic heterocycles. The molecule has 0 unspecified atom stereocenters. The Balaban J connectivity index is 1.76. The summed E-state index contributed by atoms with van der Waals surface area (Å²) in [6.45, 7) is 6.70. The van der Waals surface area contributed by atoms with Gasteiger partial charge in [0.1, 0.15) is 11.4 Å². The maximum atomic E-state index is 14.0. The molecule has 0 atom stereocenters. The number of ether oxygens (including phenoxy) is 1. The molecule has 3 aromatic rings. The number of amides is 1. The van der Waals surface area contributed by atoms with Gasteiger partial charge in [0.25, 0.3) is 0 Å². The molecular formula is C25H27FN2O2. The Hall–Kier alpha value is -3.08. The van der Waals surface area contributed by atoms with Crippen molar-refractivity contribution in [1.29, 1.82) is 0 Å². The second-order valence-electron chi connectivity index (χ2n) is 8.72. The summed E-state index contributed by atoms with van der Waals surface area (Å²) in [7, 11) is 2.02. The van der Waals surface area contributed by atoms with Crippen molar-refractivity contribution in [3.63, 3.8) is 0 Å². The van der Waals surface area contributed by atoms with Gasteiger partial charge in [-0.1, -0.05) is 36.4 Å². The fourth-order valence-electron chi connectivity index (χ4n) is 4.08. The zero-order chi connectivity index (χ0) is 21.5. The van der Waals surface area contributed by atoms with Crippen LogP contribution >= 0.6 is 0 Å². The van der Waals surface area contributed by atoms with Crippen molar-refractivity contribution >= 4 is 22.6 Å². The van der Waals surface area contributed by atoms with Crippen LogP contribution in [0.2, 0.25) is 0 Å². The Kier molecular flexibility index (Phi) is 5.14. The summed E-state index contributed by atoms with van der Waals surface area (Å²) >= 11 is 0. The van der Waals surface area contributed by atoms with E-state index >= 15 is 0 Å². The second-order valence-corrected chi connectivity index (χ2v) is 8.72. The van der Waals surface area contributed by atoms with E-state index in [1.165, 1.54) is 11.6 Å². The van der Waals surface area contributed by atoms with E-state index in [0.29, 0.717) is 13.1 Å². The van der Waals surface area contributed by atoms with Gasteiger partial charge < -0.3 is 14.2 Å². The van der Waals surface area contributed by atoms with Crippen LogP contribution in [0.25, 0.3) is 27.7 Å². The highest BCUT2D eigenvalue weighted by Crippen LogP contribution is 2.39. The predicted octanol–water partition coefficient (Wildman–Crippen LogP) is 6.01. The molecule has 4 nitrogen and oxygen atoms in total. The Morgan fingerprint density at radius 1 is 1.10 bits per heavy atom. The number of hydrogen-bond donors (Lipinski definition) is 0. The lowest BCUT2D eigenvalue weighted by atomic mass is 9.94. The summed E-state index contributed by atoms with van der Waals surface area (Å²) in [6.07, 6.45) is 2.52. The van der Waals surface area contributed by atoms with Gasteiger partial charge in [-0.25, -0.2) is 9.18 Å². The summed E-state index contributed by atoms with van der Waals surface area (Å²) < 4.78 is 21.6. The first-order chi connectivity index (χ1) is 14.2. The lowest BCUT2D eigenvalue weighted by Gasteiger charge is -2.29. The molecule has 156 valence electrons. The topological polar surface area (TPSA) is 34.5 Å². The van der Waals surface area contributed by atoms with Crippen LogP contribution in [-0.2, 0) is 11.8 Å². The zero-order valence-corrected chi connectivity index (χ0v) is 17.9. The molecule has 0 bridgehead atoms. The van der Waals surface area contributed by atoms with Crippen molar-refractivity contribution in [2.45, 2.75) is 32.8 Å². The highest BCUT2D eigenvalue weighted by molar-refractivity contribution is 6.01. The summed E-state index contributed by atoms with van der Waals surface area (Å²) in [4.78, 5) is 14.2. The molecule has 0 spiro atoms. The summed E-state index contributed by atoms with van der Waals surface area (Å²) in [5.41, 5.74) is 4.71. The van der Waals surface area contributed by atoms with Gasteiger partial charge in [0.15, 0.2) is 0 Å². The molecular weight excluding hydrogens is 379 g/mol. The normalized spacial score (nSPS) is 14.7. The third kappa shape index (κ3) is 3.84. The van der Waals surface area contributed by atoms with Crippen molar-refractivity contribution in [3.05, 3.63) is 66.0 Å². The standard InChI is InChI=1S/C25H27FN2O2/c1-25(2,3)30-24(29)28-14-12-17(13-15-28)22-20-10-5-6-11-21(20)27(4)23(22)18-8-7-9-19(26)16-18/h5-12,16H,13-15H2,1-4H3. The van der Waals surface area contributed by atoms with E-state index in [1.807, 2.05) is 46.0 Å². The average molecular weight is 407 g/mol. The SMILES string of the molecule is Cn1c(-c2cccc(F)c2)c(C2=CCN(C(=O)OC(C)(C)C)CC2)c2ccccc21. The fraction of sp³-hybridized carbons (Fsp3) is 0.320. The van der Waals surface area contributed by atoms with Gasteiger partial charge in [0, 0.05) is 42.2 Å². The molecule has 0 aliphatic carbocycles. The third-order valence-corrected chi connectivity index (χ3v) is 5.39. The van der Waals surface area contributed by atoms with E-state index in [1.54, 1.807) is 17.0 Å². The number of rotatable bonds is 2. The van der Waals surface area contributed by atoms with Crippen LogP contribution in [0, 0.1) is 5.82 Å². The van der Waals surface area contributed by atoms with Crippen molar-refractivity contribution in [3.8, 4) is 11.3 Å². The lowest BCUT2D eigenvalue weighted by Crippen LogP contribution is -2.39. The molecule has 1 amide bonds. The van der Waals surface area contributed by atoms with Crippen LogP contribution in [0.15, 0.2) is 54.6 Å². The Labute approximate surface area is 176 Å². The molecule has 0 saturated carbocycles. The molecule has 2 aromatic carbocycles. The predicted molar refractivity (Wildman–Crippen MR) is 119 cm³/mol. The Bertz CT molecular complexity index is 1140. The number of carbonyl (C=O) groups is 1. The summed E-state index contributed by atoms with van der Waals surface area (Å²) in [6, 6.07) is 15.0. The molecule has 1 aliphatic rings. The van der Waals surface area contributed by atoms with Gasteiger partial charge in [-0.05, 0) is 51.0 Å². The van der Waals surface area contributed by atoms with E-state index in [9.17, 15) is 9.18 Å². The second kappa shape index (κ2) is 7.63. The molecule has 5 heteroatoms. The van der Waals surface area contributed by atoms with E-state index < -0.39 is 5.60 Å². The summed E-state index contributed by atoms with van der Waals surface area (Å²) in [5, 5.41) is 1.14. The van der Waals surface area contributed by atoms with Crippen molar-refractivity contribution in [2.75, 3.05) is 13.1 Å². The van der Waals surface area contributed by atoms with Crippen LogP contribution in [-0.4, -0.2) is 34.3 Å². The monoisotopic (exact) mass is 406 g/mol. The number of nitrogens with zero attached hydrogens (tertiary/aromatic N) is 2. The molecule has 30 heavy (non-hydrogen) atoms. The van der Waals surface area contributed by atoms with Gasteiger partial charge in [0.05, 0.1) is 5.69 Å².